The average molecular weight is 340 g/mol. The molecule has 1 aliphatic rings. The van der Waals surface area contributed by atoms with Crippen LogP contribution in [-0.4, -0.2) is 20.9 Å². The second kappa shape index (κ2) is 5.81. The van der Waals surface area contributed by atoms with Crippen molar-refractivity contribution in [1.29, 1.82) is 0 Å². The molecule has 26 heavy (non-hydrogen) atoms. The first kappa shape index (κ1) is 14.8. The summed E-state index contributed by atoms with van der Waals surface area (Å²) in [6.45, 7) is 0. The summed E-state index contributed by atoms with van der Waals surface area (Å²) < 4.78 is 0. The van der Waals surface area contributed by atoms with Crippen molar-refractivity contribution in [3.8, 4) is 5.69 Å². The van der Waals surface area contributed by atoms with Crippen molar-refractivity contribution in [3.05, 3.63) is 83.7 Å². The van der Waals surface area contributed by atoms with E-state index in [-0.39, 0.29) is 11.6 Å². The van der Waals surface area contributed by atoms with Crippen LogP contribution in [0.5, 0.6) is 0 Å². The maximum Gasteiger partial charge on any atom is 0.277 e. The minimum Gasteiger partial charge on any atom is -0.320 e. The van der Waals surface area contributed by atoms with E-state index in [0.29, 0.717) is 0 Å². The highest BCUT2D eigenvalue weighted by Crippen LogP contribution is 2.35. The molecule has 0 spiro atoms. The molecule has 1 heterocycles. The van der Waals surface area contributed by atoms with E-state index in [2.05, 4.69) is 33.7 Å². The Morgan fingerprint density at radius 3 is 2.58 bits per heavy atom. The number of rotatable bonds is 3. The number of aromatic nitrogens is 3. The molecule has 0 aliphatic heterocycles. The molecule has 0 unspecified atom stereocenters. The van der Waals surface area contributed by atoms with Crippen LogP contribution in [0.2, 0.25) is 0 Å². The SMILES string of the molecule is O=C(Nc1ccc2c3c(cccc13)CC2)c1cnn(-c2ccccc2)n1. The number of benzene rings is 3. The summed E-state index contributed by atoms with van der Waals surface area (Å²) in [5, 5.41) is 13.8. The first-order chi connectivity index (χ1) is 12.8. The molecule has 5 rings (SSSR count). The van der Waals surface area contributed by atoms with Gasteiger partial charge in [0.2, 0.25) is 0 Å². The second-order valence-electron chi connectivity index (χ2n) is 6.42. The number of para-hydroxylation sites is 1. The number of nitrogens with one attached hydrogen (secondary N) is 1. The Balaban J connectivity index is 1.47. The molecule has 0 saturated heterocycles. The minimum atomic E-state index is -0.258. The number of aryl methyl sites for hydroxylation is 2. The quantitative estimate of drug-likeness (QED) is 0.617. The van der Waals surface area contributed by atoms with E-state index in [1.54, 1.807) is 0 Å². The van der Waals surface area contributed by atoms with Crippen molar-refractivity contribution in [3.63, 3.8) is 0 Å². The predicted octanol–water partition coefficient (Wildman–Crippen LogP) is 3.77. The van der Waals surface area contributed by atoms with Gasteiger partial charge in [0, 0.05) is 11.1 Å². The van der Waals surface area contributed by atoms with Crippen LogP contribution in [0.25, 0.3) is 16.5 Å². The van der Waals surface area contributed by atoms with E-state index in [9.17, 15) is 4.79 Å². The van der Waals surface area contributed by atoms with E-state index < -0.39 is 0 Å². The fourth-order valence-electron chi connectivity index (χ4n) is 3.60. The molecule has 0 radical (unpaired) electrons. The van der Waals surface area contributed by atoms with Gasteiger partial charge in [-0.3, -0.25) is 4.79 Å². The molecule has 1 amide bonds. The standard InChI is InChI=1S/C21H16N4O/c26-21(19-13-22-25(24-19)16-6-2-1-3-7-16)23-18-12-11-15-10-9-14-5-4-8-17(18)20(14)15/h1-8,11-13H,9-10H2,(H,23,26). The third-order valence-corrected chi connectivity index (χ3v) is 4.84. The molecule has 3 aromatic carbocycles. The molecule has 1 aliphatic carbocycles. The molecule has 5 heteroatoms. The fraction of sp³-hybridized carbons (Fsp3) is 0.0952. The molecule has 5 nitrogen and oxygen atoms in total. The fourth-order valence-corrected chi connectivity index (χ4v) is 3.60. The van der Waals surface area contributed by atoms with E-state index in [1.165, 1.54) is 27.5 Å². The van der Waals surface area contributed by atoms with Gasteiger partial charge in [0.15, 0.2) is 5.69 Å². The van der Waals surface area contributed by atoms with Crippen LogP contribution in [0.15, 0.2) is 66.9 Å². The van der Waals surface area contributed by atoms with Crippen LogP contribution in [0.3, 0.4) is 0 Å². The van der Waals surface area contributed by atoms with Crippen LogP contribution >= 0.6 is 0 Å². The monoisotopic (exact) mass is 340 g/mol. The molecule has 0 bridgehead atoms. The van der Waals surface area contributed by atoms with Crippen LogP contribution in [0.4, 0.5) is 5.69 Å². The van der Waals surface area contributed by atoms with Gasteiger partial charge >= 0.3 is 0 Å². The van der Waals surface area contributed by atoms with Crippen LogP contribution in [0.1, 0.15) is 21.6 Å². The first-order valence-electron chi connectivity index (χ1n) is 8.62. The normalized spacial score (nSPS) is 12.5. The number of nitrogens with zero attached hydrogens (tertiary/aromatic N) is 3. The van der Waals surface area contributed by atoms with Crippen molar-refractivity contribution < 1.29 is 4.79 Å². The maximum absolute atomic E-state index is 12.7. The zero-order valence-corrected chi connectivity index (χ0v) is 14.0. The highest BCUT2D eigenvalue weighted by Gasteiger charge is 2.18. The molecule has 126 valence electrons. The molecule has 0 fully saturated rings. The third kappa shape index (κ3) is 2.37. The maximum atomic E-state index is 12.7. The van der Waals surface area contributed by atoms with Gasteiger partial charge in [-0.15, -0.1) is 5.10 Å². The Morgan fingerprint density at radius 2 is 1.73 bits per heavy atom. The van der Waals surface area contributed by atoms with Gasteiger partial charge < -0.3 is 5.32 Å². The van der Waals surface area contributed by atoms with Crippen molar-refractivity contribution in [1.82, 2.24) is 15.0 Å². The van der Waals surface area contributed by atoms with E-state index in [0.717, 1.165) is 29.6 Å². The second-order valence-corrected chi connectivity index (χ2v) is 6.42. The summed E-state index contributed by atoms with van der Waals surface area (Å²) in [5.41, 5.74) is 4.62. The van der Waals surface area contributed by atoms with Crippen molar-refractivity contribution in [2.75, 3.05) is 5.32 Å². The van der Waals surface area contributed by atoms with Crippen molar-refractivity contribution in [2.45, 2.75) is 12.8 Å². The van der Waals surface area contributed by atoms with Crippen LogP contribution < -0.4 is 5.32 Å². The topological polar surface area (TPSA) is 59.8 Å². The Hall–Kier alpha value is -3.47. The lowest BCUT2D eigenvalue weighted by Gasteiger charge is -2.09. The smallest absolute Gasteiger partial charge is 0.277 e. The van der Waals surface area contributed by atoms with Crippen LogP contribution in [-0.2, 0) is 12.8 Å². The minimum absolute atomic E-state index is 0.258. The lowest BCUT2D eigenvalue weighted by atomic mass is 10.0. The molecular weight excluding hydrogens is 324 g/mol. The Labute approximate surface area is 150 Å². The Morgan fingerprint density at radius 1 is 0.923 bits per heavy atom. The number of carbonyl (C=O) groups is 1. The number of hydrogen-bond donors (Lipinski definition) is 1. The summed E-state index contributed by atoms with van der Waals surface area (Å²) in [5.74, 6) is -0.258. The lowest BCUT2D eigenvalue weighted by Crippen LogP contribution is -2.13. The third-order valence-electron chi connectivity index (χ3n) is 4.84. The average Bonchev–Trinajstić information content (AvgIpc) is 3.33. The molecule has 0 atom stereocenters. The predicted molar refractivity (Wildman–Crippen MR) is 101 cm³/mol. The Bertz CT molecular complexity index is 1120. The molecule has 1 aromatic heterocycles. The molecular formula is C21H16N4O. The number of carbonyl (C=O) groups excluding carboxylic acids is 1. The zero-order valence-electron chi connectivity index (χ0n) is 14.0. The zero-order chi connectivity index (χ0) is 17.5. The number of anilines is 1. The number of hydrogen-bond acceptors (Lipinski definition) is 3. The highest BCUT2D eigenvalue weighted by atomic mass is 16.2. The van der Waals surface area contributed by atoms with Gasteiger partial charge in [-0.25, -0.2) is 0 Å². The first-order valence-corrected chi connectivity index (χ1v) is 8.62. The van der Waals surface area contributed by atoms with Gasteiger partial charge in [-0.2, -0.15) is 9.90 Å². The summed E-state index contributed by atoms with van der Waals surface area (Å²) in [6, 6.07) is 19.9. The lowest BCUT2D eigenvalue weighted by molar-refractivity contribution is 0.102. The summed E-state index contributed by atoms with van der Waals surface area (Å²) in [7, 11) is 0. The van der Waals surface area contributed by atoms with Crippen molar-refractivity contribution >= 4 is 22.4 Å². The summed E-state index contributed by atoms with van der Waals surface area (Å²) >= 11 is 0. The summed E-state index contributed by atoms with van der Waals surface area (Å²) in [4.78, 5) is 14.1. The molecule has 0 saturated carbocycles. The van der Waals surface area contributed by atoms with E-state index in [4.69, 9.17) is 0 Å². The van der Waals surface area contributed by atoms with Gasteiger partial charge in [0.25, 0.3) is 5.91 Å². The van der Waals surface area contributed by atoms with Crippen LogP contribution in [0, 0.1) is 0 Å². The number of amides is 1. The largest absolute Gasteiger partial charge is 0.320 e. The molecule has 4 aromatic rings. The Kier molecular flexibility index (Phi) is 3.31. The van der Waals surface area contributed by atoms with Gasteiger partial charge in [0.05, 0.1) is 11.9 Å². The van der Waals surface area contributed by atoms with E-state index >= 15 is 0 Å². The van der Waals surface area contributed by atoms with Gasteiger partial charge in [-0.05, 0) is 47.6 Å². The van der Waals surface area contributed by atoms with E-state index in [1.807, 2.05) is 42.5 Å². The van der Waals surface area contributed by atoms with Gasteiger partial charge in [-0.1, -0.05) is 42.5 Å². The van der Waals surface area contributed by atoms with Crippen molar-refractivity contribution in [2.24, 2.45) is 0 Å². The van der Waals surface area contributed by atoms with Gasteiger partial charge in [0.1, 0.15) is 0 Å². The molecule has 1 N–H and O–H groups in total. The highest BCUT2D eigenvalue weighted by molar-refractivity contribution is 6.09. The summed E-state index contributed by atoms with van der Waals surface area (Å²) in [6.07, 6.45) is 3.62.